The van der Waals surface area contributed by atoms with E-state index in [2.05, 4.69) is 0 Å². The normalized spacial score (nSPS) is 17.2. The van der Waals surface area contributed by atoms with Crippen LogP contribution in [-0.4, -0.2) is 17.4 Å². The van der Waals surface area contributed by atoms with Gasteiger partial charge in [0.15, 0.2) is 0 Å². The van der Waals surface area contributed by atoms with Crippen LogP contribution in [0.1, 0.15) is 22.8 Å². The van der Waals surface area contributed by atoms with E-state index in [9.17, 15) is 27.5 Å². The Morgan fingerprint density at radius 1 is 1.04 bits per heavy atom. The largest absolute Gasteiger partial charge is 0.382 e. The molecule has 126 valence electrons. The molecule has 0 spiro atoms. The fourth-order valence-electron chi connectivity index (χ4n) is 2.82. The fraction of sp³-hybridized carbons (Fsp3) is 0.235. The molecule has 0 saturated carbocycles. The summed E-state index contributed by atoms with van der Waals surface area (Å²) in [5, 5.41) is 9.54. The smallest absolute Gasteiger partial charge is 0.352 e. The number of halogens is 4. The number of carbonyl (C=O) groups is 1. The third kappa shape index (κ3) is 2.54. The topological polar surface area (TPSA) is 40.5 Å². The summed E-state index contributed by atoms with van der Waals surface area (Å²) in [7, 11) is 0. The first kappa shape index (κ1) is 16.4. The predicted molar refractivity (Wildman–Crippen MR) is 78.9 cm³/mol. The maximum absolute atomic E-state index is 14.4. The van der Waals surface area contributed by atoms with E-state index in [-0.39, 0.29) is 12.2 Å². The lowest BCUT2D eigenvalue weighted by molar-refractivity contribution is -0.142. The van der Waals surface area contributed by atoms with Gasteiger partial charge >= 0.3 is 11.8 Å². The van der Waals surface area contributed by atoms with Gasteiger partial charge in [-0.1, -0.05) is 42.5 Å². The summed E-state index contributed by atoms with van der Waals surface area (Å²) in [5.41, 5.74) is -1.02. The van der Waals surface area contributed by atoms with E-state index >= 15 is 0 Å². The molecule has 0 saturated heterocycles. The maximum Gasteiger partial charge on any atom is 0.352 e. The van der Waals surface area contributed by atoms with Crippen LogP contribution < -0.4 is 4.90 Å². The molecule has 0 aliphatic carbocycles. The van der Waals surface area contributed by atoms with Crippen molar-refractivity contribution >= 4 is 11.6 Å². The van der Waals surface area contributed by atoms with Crippen molar-refractivity contribution in [3.8, 4) is 0 Å². The van der Waals surface area contributed by atoms with Gasteiger partial charge in [0.2, 0.25) is 0 Å². The van der Waals surface area contributed by atoms with E-state index < -0.39 is 35.5 Å². The average Bonchev–Trinajstić information content (AvgIpc) is 2.76. The van der Waals surface area contributed by atoms with Crippen LogP contribution in [0.5, 0.6) is 0 Å². The van der Waals surface area contributed by atoms with Crippen molar-refractivity contribution in [1.29, 1.82) is 0 Å². The zero-order valence-electron chi connectivity index (χ0n) is 12.3. The zero-order chi connectivity index (χ0) is 17.5. The van der Waals surface area contributed by atoms with Crippen LogP contribution in [0.15, 0.2) is 48.5 Å². The van der Waals surface area contributed by atoms with Gasteiger partial charge in [-0.25, -0.2) is 8.78 Å². The van der Waals surface area contributed by atoms with E-state index in [0.717, 1.165) is 11.0 Å². The molecule has 24 heavy (non-hydrogen) atoms. The Bertz CT molecular complexity index is 764. The number of rotatable bonds is 4. The highest BCUT2D eigenvalue weighted by Gasteiger charge is 2.55. The Morgan fingerprint density at radius 3 is 2.33 bits per heavy atom. The van der Waals surface area contributed by atoms with E-state index in [4.69, 9.17) is 0 Å². The second-order valence-corrected chi connectivity index (χ2v) is 5.47. The number of amides is 1. The third-order valence-corrected chi connectivity index (χ3v) is 3.93. The maximum atomic E-state index is 14.4. The van der Waals surface area contributed by atoms with Crippen LogP contribution >= 0.6 is 0 Å². The minimum absolute atomic E-state index is 0.115. The van der Waals surface area contributed by atoms with Gasteiger partial charge in [0.1, 0.15) is 6.10 Å². The summed E-state index contributed by atoms with van der Waals surface area (Å²) in [6, 6.07) is 12.0. The number of alkyl halides is 4. The molecule has 3 rings (SSSR count). The molecule has 0 aromatic heterocycles. The minimum Gasteiger partial charge on any atom is -0.382 e. The van der Waals surface area contributed by atoms with Crippen molar-refractivity contribution in [1.82, 2.24) is 0 Å². The average molecular weight is 339 g/mol. The fourth-order valence-corrected chi connectivity index (χ4v) is 2.82. The molecule has 1 N–H and O–H groups in total. The molecule has 0 fully saturated rings. The summed E-state index contributed by atoms with van der Waals surface area (Å²) in [6.07, 6.45) is -5.61. The summed E-state index contributed by atoms with van der Waals surface area (Å²) in [6.45, 7) is -0.115. The first-order valence-corrected chi connectivity index (χ1v) is 7.17. The number of carbonyl (C=O) groups excluding carboxylic acids is 1. The molecule has 2 aromatic carbocycles. The van der Waals surface area contributed by atoms with E-state index in [1.165, 1.54) is 12.1 Å². The Labute approximate surface area is 135 Å². The van der Waals surface area contributed by atoms with Crippen LogP contribution in [0.4, 0.5) is 23.2 Å². The summed E-state index contributed by atoms with van der Waals surface area (Å²) >= 11 is 0. The van der Waals surface area contributed by atoms with E-state index in [1.54, 1.807) is 30.3 Å². The molecule has 3 nitrogen and oxygen atoms in total. The number of aliphatic hydroxyl groups is 1. The van der Waals surface area contributed by atoms with Gasteiger partial charge in [0, 0.05) is 0 Å². The summed E-state index contributed by atoms with van der Waals surface area (Å²) < 4.78 is 54.4. The number of nitrogens with zero attached hydrogens (tertiary/aromatic N) is 1. The molecular weight excluding hydrogens is 326 g/mol. The molecule has 2 aromatic rings. The lowest BCUT2D eigenvalue weighted by Crippen LogP contribution is -2.34. The van der Waals surface area contributed by atoms with Gasteiger partial charge in [-0.05, 0) is 17.2 Å². The molecule has 1 atom stereocenters. The molecule has 1 heterocycles. The van der Waals surface area contributed by atoms with Gasteiger partial charge in [0.25, 0.3) is 6.43 Å². The van der Waals surface area contributed by atoms with Gasteiger partial charge in [-0.3, -0.25) is 4.79 Å². The molecule has 1 aliphatic heterocycles. The zero-order valence-corrected chi connectivity index (χ0v) is 12.3. The number of benzene rings is 2. The molecule has 0 radical (unpaired) electrons. The number of anilines is 1. The number of fused-ring (bicyclic) bond motifs is 1. The van der Waals surface area contributed by atoms with E-state index in [0.29, 0.717) is 5.56 Å². The third-order valence-electron chi connectivity index (χ3n) is 3.93. The second kappa shape index (κ2) is 5.90. The molecule has 1 unspecified atom stereocenters. The minimum atomic E-state index is -3.96. The van der Waals surface area contributed by atoms with Crippen LogP contribution in [0.2, 0.25) is 0 Å². The Morgan fingerprint density at radius 2 is 1.71 bits per heavy atom. The predicted octanol–water partition coefficient (Wildman–Crippen LogP) is 3.62. The first-order valence-electron chi connectivity index (χ1n) is 7.17. The van der Waals surface area contributed by atoms with Crippen molar-refractivity contribution in [3.63, 3.8) is 0 Å². The van der Waals surface area contributed by atoms with Gasteiger partial charge in [-0.15, -0.1) is 0 Å². The van der Waals surface area contributed by atoms with Crippen molar-refractivity contribution in [2.75, 3.05) is 4.90 Å². The van der Waals surface area contributed by atoms with Gasteiger partial charge in [0.05, 0.1) is 17.8 Å². The number of hydrogen-bond donors (Lipinski definition) is 1. The van der Waals surface area contributed by atoms with Crippen LogP contribution in [0.3, 0.4) is 0 Å². The number of hydrogen-bond acceptors (Lipinski definition) is 2. The van der Waals surface area contributed by atoms with E-state index in [1.807, 2.05) is 0 Å². The monoisotopic (exact) mass is 339 g/mol. The number of aliphatic hydroxyl groups excluding tert-OH is 1. The molecule has 0 bridgehead atoms. The van der Waals surface area contributed by atoms with Crippen LogP contribution in [-0.2, 0) is 17.3 Å². The second-order valence-electron chi connectivity index (χ2n) is 5.47. The lowest BCUT2D eigenvalue weighted by Gasteiger charge is -2.18. The Hall–Kier alpha value is -2.41. The van der Waals surface area contributed by atoms with Crippen LogP contribution in [0.25, 0.3) is 0 Å². The molecular formula is C17H13F4NO2. The summed E-state index contributed by atoms with van der Waals surface area (Å²) in [4.78, 5) is 13.0. The highest BCUT2D eigenvalue weighted by Crippen LogP contribution is 2.48. The van der Waals surface area contributed by atoms with Gasteiger partial charge < -0.3 is 10.0 Å². The van der Waals surface area contributed by atoms with Crippen molar-refractivity contribution in [2.24, 2.45) is 0 Å². The van der Waals surface area contributed by atoms with Crippen molar-refractivity contribution < 1.29 is 27.5 Å². The van der Waals surface area contributed by atoms with Gasteiger partial charge in [-0.2, -0.15) is 8.78 Å². The highest BCUT2D eigenvalue weighted by atomic mass is 19.3. The lowest BCUT2D eigenvalue weighted by atomic mass is 9.98. The standard InChI is InChI=1S/C17H13F4NO2/c18-15(19)14(23)11-7-4-8-12-13(11)17(20,21)16(24)22(12)9-10-5-2-1-3-6-10/h1-8,14-15,23H,9H2. The Kier molecular flexibility index (Phi) is 4.04. The molecule has 1 amide bonds. The first-order chi connectivity index (χ1) is 11.3. The van der Waals surface area contributed by atoms with Crippen molar-refractivity contribution in [2.45, 2.75) is 25.0 Å². The molecule has 1 aliphatic rings. The SMILES string of the molecule is O=C1N(Cc2ccccc2)c2cccc(C(O)C(F)F)c2C1(F)F. The van der Waals surface area contributed by atoms with Crippen molar-refractivity contribution in [3.05, 3.63) is 65.2 Å². The Balaban J connectivity index is 2.09. The highest BCUT2D eigenvalue weighted by molar-refractivity contribution is 6.06. The summed E-state index contributed by atoms with van der Waals surface area (Å²) in [5.74, 6) is -5.45. The quantitative estimate of drug-likeness (QED) is 0.865. The molecule has 7 heteroatoms. The van der Waals surface area contributed by atoms with Crippen LogP contribution in [0, 0.1) is 0 Å².